The number of hydrogen-bond acceptors (Lipinski definition) is 1. The Morgan fingerprint density at radius 2 is 2.31 bits per heavy atom. The van der Waals surface area contributed by atoms with Gasteiger partial charge in [-0.15, -0.1) is 0 Å². The zero-order chi connectivity index (χ0) is 9.68. The fourth-order valence-corrected chi connectivity index (χ4v) is 1.20. The summed E-state index contributed by atoms with van der Waals surface area (Å²) in [4.78, 5) is 9.85. The number of carbonyl (C=O) groups excluding carboxylic acids is 1. The van der Waals surface area contributed by atoms with Crippen LogP contribution in [0.3, 0.4) is 0 Å². The van der Waals surface area contributed by atoms with Gasteiger partial charge in [0.15, 0.2) is 0 Å². The highest BCUT2D eigenvalue weighted by Gasteiger charge is 1.99. The van der Waals surface area contributed by atoms with E-state index in [1.807, 2.05) is 0 Å². The van der Waals surface area contributed by atoms with Crippen molar-refractivity contribution in [2.24, 2.45) is 0 Å². The summed E-state index contributed by atoms with van der Waals surface area (Å²) in [6.45, 7) is 0. The fraction of sp³-hybridized carbons (Fsp3) is 0.200. The first-order valence-electron chi connectivity index (χ1n) is 3.87. The number of allylic oxidation sites excluding steroid dienone is 1. The predicted molar refractivity (Wildman–Crippen MR) is 50.0 cm³/mol. The van der Waals surface area contributed by atoms with E-state index in [4.69, 9.17) is 11.6 Å². The second-order valence-corrected chi connectivity index (χ2v) is 3.02. The third-order valence-electron chi connectivity index (χ3n) is 1.64. The van der Waals surface area contributed by atoms with E-state index in [0.29, 0.717) is 12.8 Å². The molecule has 0 N–H and O–H groups in total. The average Bonchev–Trinajstić information content (AvgIpc) is 2.12. The molecule has 0 saturated heterocycles. The molecular formula is C10H8ClFO. The van der Waals surface area contributed by atoms with E-state index in [1.165, 1.54) is 12.1 Å². The molecule has 0 amide bonds. The summed E-state index contributed by atoms with van der Waals surface area (Å²) >= 11 is 5.56. The Morgan fingerprint density at radius 3 is 2.92 bits per heavy atom. The van der Waals surface area contributed by atoms with Crippen LogP contribution in [0.2, 0.25) is 5.02 Å². The highest BCUT2D eigenvalue weighted by Crippen LogP contribution is 2.16. The molecule has 0 atom stereocenters. The summed E-state index contributed by atoms with van der Waals surface area (Å²) in [5, 5.41) is 0.118. The Balaban J connectivity index is 2.68. The van der Waals surface area contributed by atoms with E-state index in [0.717, 1.165) is 5.56 Å². The molecule has 3 heteroatoms. The van der Waals surface area contributed by atoms with Gasteiger partial charge in [-0.25, -0.2) is 9.18 Å². The number of rotatable bonds is 3. The molecular weight excluding hydrogens is 191 g/mol. The van der Waals surface area contributed by atoms with Crippen molar-refractivity contribution in [3.05, 3.63) is 40.7 Å². The molecule has 0 saturated carbocycles. The highest BCUT2D eigenvalue weighted by molar-refractivity contribution is 6.30. The van der Waals surface area contributed by atoms with Crippen LogP contribution in [-0.4, -0.2) is 5.94 Å². The molecule has 0 heterocycles. The van der Waals surface area contributed by atoms with Gasteiger partial charge in [0.05, 0.1) is 5.02 Å². The molecule has 0 aromatic heterocycles. The van der Waals surface area contributed by atoms with Crippen molar-refractivity contribution in [3.63, 3.8) is 0 Å². The smallest absolute Gasteiger partial charge is 0.141 e. The lowest BCUT2D eigenvalue weighted by atomic mass is 10.1. The molecule has 1 aromatic carbocycles. The lowest BCUT2D eigenvalue weighted by Gasteiger charge is -1.99. The predicted octanol–water partition coefficient (Wildman–Crippen LogP) is 2.80. The van der Waals surface area contributed by atoms with Gasteiger partial charge in [-0.2, -0.15) is 0 Å². The Bertz CT molecular complexity index is 343. The number of halogens is 2. The van der Waals surface area contributed by atoms with Crippen molar-refractivity contribution in [3.8, 4) is 0 Å². The number of benzene rings is 1. The molecule has 1 rings (SSSR count). The quantitative estimate of drug-likeness (QED) is 0.683. The molecule has 0 spiro atoms. The van der Waals surface area contributed by atoms with Gasteiger partial charge in [0, 0.05) is 6.08 Å². The van der Waals surface area contributed by atoms with E-state index < -0.39 is 5.82 Å². The van der Waals surface area contributed by atoms with E-state index in [-0.39, 0.29) is 5.02 Å². The van der Waals surface area contributed by atoms with Crippen molar-refractivity contribution in [2.75, 3.05) is 0 Å². The average molecular weight is 199 g/mol. The molecule has 0 aliphatic carbocycles. The zero-order valence-electron chi connectivity index (χ0n) is 6.89. The summed E-state index contributed by atoms with van der Waals surface area (Å²) in [7, 11) is 0. The van der Waals surface area contributed by atoms with Gasteiger partial charge < -0.3 is 0 Å². The monoisotopic (exact) mass is 198 g/mol. The molecule has 0 fully saturated rings. The van der Waals surface area contributed by atoms with Crippen molar-refractivity contribution in [2.45, 2.75) is 12.8 Å². The standard InChI is InChI=1S/C10H8ClFO/c11-9-7-8(3-1-2-6-13)4-5-10(9)12/h2,4-5,7H,1,3H2. The maximum absolute atomic E-state index is 12.7. The maximum atomic E-state index is 12.7. The summed E-state index contributed by atoms with van der Waals surface area (Å²) in [5.74, 6) is 1.26. The topological polar surface area (TPSA) is 17.1 Å². The second kappa shape index (κ2) is 4.80. The number of aryl methyl sites for hydroxylation is 1. The first-order chi connectivity index (χ1) is 6.24. The minimum Gasteiger partial charge on any atom is -0.234 e. The summed E-state index contributed by atoms with van der Waals surface area (Å²) in [5.41, 5.74) is 0.915. The van der Waals surface area contributed by atoms with Gasteiger partial charge in [0.2, 0.25) is 0 Å². The lowest BCUT2D eigenvalue weighted by molar-refractivity contribution is 0.568. The SMILES string of the molecule is O=C=CCCc1ccc(F)c(Cl)c1. The Morgan fingerprint density at radius 1 is 1.54 bits per heavy atom. The molecule has 0 bridgehead atoms. The van der Waals surface area contributed by atoms with Crippen LogP contribution >= 0.6 is 11.6 Å². The van der Waals surface area contributed by atoms with Gasteiger partial charge in [0.25, 0.3) is 0 Å². The molecule has 1 nitrogen and oxygen atoms in total. The minimum atomic E-state index is -0.420. The van der Waals surface area contributed by atoms with Crippen LogP contribution in [0, 0.1) is 5.82 Å². The first kappa shape index (κ1) is 9.97. The molecule has 68 valence electrons. The largest absolute Gasteiger partial charge is 0.234 e. The van der Waals surface area contributed by atoms with Gasteiger partial charge in [-0.1, -0.05) is 17.7 Å². The van der Waals surface area contributed by atoms with Crippen LogP contribution < -0.4 is 0 Å². The van der Waals surface area contributed by atoms with Gasteiger partial charge in [-0.3, -0.25) is 0 Å². The van der Waals surface area contributed by atoms with Crippen molar-refractivity contribution >= 4 is 17.5 Å². The van der Waals surface area contributed by atoms with Crippen LogP contribution in [0.25, 0.3) is 0 Å². The van der Waals surface area contributed by atoms with Crippen LogP contribution in [0.4, 0.5) is 4.39 Å². The molecule has 0 unspecified atom stereocenters. The van der Waals surface area contributed by atoms with Crippen molar-refractivity contribution in [1.82, 2.24) is 0 Å². The Labute approximate surface area is 80.8 Å². The van der Waals surface area contributed by atoms with E-state index in [9.17, 15) is 9.18 Å². The Kier molecular flexibility index (Phi) is 3.69. The number of hydrogen-bond donors (Lipinski definition) is 0. The molecule has 0 aliphatic heterocycles. The lowest BCUT2D eigenvalue weighted by Crippen LogP contribution is -1.85. The molecule has 1 aromatic rings. The summed E-state index contributed by atoms with van der Waals surface area (Å²) in [6, 6.07) is 4.54. The Hall–Kier alpha value is -1.11. The van der Waals surface area contributed by atoms with Gasteiger partial charge in [0.1, 0.15) is 11.8 Å². The van der Waals surface area contributed by atoms with Gasteiger partial charge in [-0.05, 0) is 30.5 Å². The van der Waals surface area contributed by atoms with Crippen molar-refractivity contribution < 1.29 is 9.18 Å². The van der Waals surface area contributed by atoms with Crippen LogP contribution in [0.5, 0.6) is 0 Å². The van der Waals surface area contributed by atoms with Gasteiger partial charge >= 0.3 is 0 Å². The van der Waals surface area contributed by atoms with E-state index in [1.54, 1.807) is 18.1 Å². The van der Waals surface area contributed by atoms with Crippen LogP contribution in [0.15, 0.2) is 24.3 Å². The summed E-state index contributed by atoms with van der Waals surface area (Å²) < 4.78 is 12.7. The van der Waals surface area contributed by atoms with Crippen LogP contribution in [0.1, 0.15) is 12.0 Å². The highest BCUT2D eigenvalue weighted by atomic mass is 35.5. The van der Waals surface area contributed by atoms with E-state index in [2.05, 4.69) is 0 Å². The molecule has 13 heavy (non-hydrogen) atoms. The molecule has 0 radical (unpaired) electrons. The zero-order valence-corrected chi connectivity index (χ0v) is 7.64. The third kappa shape index (κ3) is 3.02. The molecule has 0 aliphatic rings. The summed E-state index contributed by atoms with van der Waals surface area (Å²) in [6.07, 6.45) is 2.68. The first-order valence-corrected chi connectivity index (χ1v) is 4.25. The minimum absolute atomic E-state index is 0.118. The maximum Gasteiger partial charge on any atom is 0.141 e. The third-order valence-corrected chi connectivity index (χ3v) is 1.93. The van der Waals surface area contributed by atoms with Crippen molar-refractivity contribution in [1.29, 1.82) is 0 Å². The normalized spacial score (nSPS) is 9.38. The fourth-order valence-electron chi connectivity index (χ4n) is 0.993. The van der Waals surface area contributed by atoms with E-state index >= 15 is 0 Å². The second-order valence-electron chi connectivity index (χ2n) is 2.61. The van der Waals surface area contributed by atoms with Crippen LogP contribution in [-0.2, 0) is 11.2 Å².